The second kappa shape index (κ2) is 9.22. The van der Waals surface area contributed by atoms with Gasteiger partial charge in [0.25, 0.3) is 10.0 Å². The molecule has 0 aromatic heterocycles. The molecule has 0 spiro atoms. The van der Waals surface area contributed by atoms with Gasteiger partial charge in [-0.05, 0) is 68.3 Å². The first-order valence-electron chi connectivity index (χ1n) is 9.82. The van der Waals surface area contributed by atoms with Crippen LogP contribution in [0.2, 0.25) is 0 Å². The van der Waals surface area contributed by atoms with Crippen molar-refractivity contribution in [2.24, 2.45) is 0 Å². The standard InChI is InChI=1S/C24H26N2O4S/c1-17-9-13-21(14-10-17)31(28,29)26(20-12-11-18(2)19(3)15-20)16-24(27)25-22-7-5-6-8-23(22)30-4/h5-15H,16H2,1-4H3,(H,25,27). The van der Waals surface area contributed by atoms with E-state index in [1.807, 2.05) is 26.8 Å². The predicted molar refractivity (Wildman–Crippen MR) is 123 cm³/mol. The van der Waals surface area contributed by atoms with Gasteiger partial charge in [0.15, 0.2) is 0 Å². The number of benzene rings is 3. The van der Waals surface area contributed by atoms with Crippen molar-refractivity contribution in [1.29, 1.82) is 0 Å². The zero-order valence-corrected chi connectivity index (χ0v) is 18.9. The molecule has 3 aromatic rings. The first-order valence-corrected chi connectivity index (χ1v) is 11.3. The highest BCUT2D eigenvalue weighted by Crippen LogP contribution is 2.27. The Morgan fingerprint density at radius 1 is 0.935 bits per heavy atom. The van der Waals surface area contributed by atoms with Crippen LogP contribution in [0.15, 0.2) is 71.6 Å². The maximum Gasteiger partial charge on any atom is 0.264 e. The van der Waals surface area contributed by atoms with E-state index in [2.05, 4.69) is 5.32 Å². The van der Waals surface area contributed by atoms with Crippen LogP contribution >= 0.6 is 0 Å². The second-order valence-electron chi connectivity index (χ2n) is 7.34. The van der Waals surface area contributed by atoms with E-state index in [0.717, 1.165) is 21.0 Å². The van der Waals surface area contributed by atoms with Crippen LogP contribution in [-0.4, -0.2) is 28.0 Å². The van der Waals surface area contributed by atoms with Gasteiger partial charge in [-0.15, -0.1) is 0 Å². The Morgan fingerprint density at radius 3 is 2.26 bits per heavy atom. The molecular weight excluding hydrogens is 412 g/mol. The molecule has 0 saturated carbocycles. The zero-order valence-electron chi connectivity index (χ0n) is 18.0. The van der Waals surface area contributed by atoms with Crippen molar-refractivity contribution in [2.45, 2.75) is 25.7 Å². The third kappa shape index (κ3) is 5.06. The number of methoxy groups -OCH3 is 1. The van der Waals surface area contributed by atoms with Gasteiger partial charge < -0.3 is 10.1 Å². The molecule has 0 radical (unpaired) electrons. The van der Waals surface area contributed by atoms with E-state index in [9.17, 15) is 13.2 Å². The number of sulfonamides is 1. The van der Waals surface area contributed by atoms with Crippen LogP contribution in [0, 0.1) is 20.8 Å². The van der Waals surface area contributed by atoms with E-state index in [-0.39, 0.29) is 11.4 Å². The molecule has 0 aliphatic carbocycles. The molecule has 0 unspecified atom stereocenters. The molecule has 0 bridgehead atoms. The molecule has 0 aliphatic heterocycles. The number of nitrogens with one attached hydrogen (secondary N) is 1. The van der Waals surface area contributed by atoms with Crippen LogP contribution in [0.1, 0.15) is 16.7 Å². The number of aryl methyl sites for hydroxylation is 3. The predicted octanol–water partition coefficient (Wildman–Crippen LogP) is 4.45. The van der Waals surface area contributed by atoms with Crippen LogP contribution in [0.5, 0.6) is 5.75 Å². The van der Waals surface area contributed by atoms with Crippen molar-refractivity contribution >= 4 is 27.3 Å². The average molecular weight is 439 g/mol. The largest absolute Gasteiger partial charge is 0.495 e. The summed E-state index contributed by atoms with van der Waals surface area (Å²) in [6, 6.07) is 18.9. The Balaban J connectivity index is 1.98. The number of amides is 1. The SMILES string of the molecule is COc1ccccc1NC(=O)CN(c1ccc(C)c(C)c1)S(=O)(=O)c1ccc(C)cc1. The summed E-state index contributed by atoms with van der Waals surface area (Å²) in [6.07, 6.45) is 0. The minimum Gasteiger partial charge on any atom is -0.495 e. The number of anilines is 2. The Bertz CT molecular complexity index is 1190. The summed E-state index contributed by atoms with van der Waals surface area (Å²) in [6.45, 7) is 5.37. The van der Waals surface area contributed by atoms with Gasteiger partial charge in [0.05, 0.1) is 23.4 Å². The molecule has 0 saturated heterocycles. The Kier molecular flexibility index (Phi) is 6.65. The molecule has 7 heteroatoms. The highest BCUT2D eigenvalue weighted by Gasteiger charge is 2.27. The number of para-hydroxylation sites is 2. The zero-order chi connectivity index (χ0) is 22.6. The monoisotopic (exact) mass is 438 g/mol. The molecule has 0 atom stereocenters. The Labute approximate surface area is 183 Å². The van der Waals surface area contributed by atoms with E-state index in [1.54, 1.807) is 60.7 Å². The molecule has 0 fully saturated rings. The molecule has 162 valence electrons. The summed E-state index contributed by atoms with van der Waals surface area (Å²) >= 11 is 0. The molecule has 3 rings (SSSR count). The molecule has 3 aromatic carbocycles. The van der Waals surface area contributed by atoms with Crippen molar-refractivity contribution in [3.05, 3.63) is 83.4 Å². The van der Waals surface area contributed by atoms with Gasteiger partial charge in [0.2, 0.25) is 5.91 Å². The number of hydrogen-bond donors (Lipinski definition) is 1. The van der Waals surface area contributed by atoms with Gasteiger partial charge in [-0.25, -0.2) is 8.42 Å². The fraction of sp³-hybridized carbons (Fsp3) is 0.208. The Hall–Kier alpha value is -3.32. The molecule has 1 N–H and O–H groups in total. The highest BCUT2D eigenvalue weighted by molar-refractivity contribution is 7.92. The first kappa shape index (κ1) is 22.4. The molecular formula is C24H26N2O4S. The average Bonchev–Trinajstić information content (AvgIpc) is 2.74. The van der Waals surface area contributed by atoms with Crippen molar-refractivity contribution in [3.8, 4) is 5.75 Å². The van der Waals surface area contributed by atoms with E-state index in [0.29, 0.717) is 17.1 Å². The van der Waals surface area contributed by atoms with Crippen LogP contribution in [0.25, 0.3) is 0 Å². The fourth-order valence-electron chi connectivity index (χ4n) is 3.10. The van der Waals surface area contributed by atoms with E-state index >= 15 is 0 Å². The van der Waals surface area contributed by atoms with Crippen LogP contribution < -0.4 is 14.4 Å². The number of carbonyl (C=O) groups excluding carboxylic acids is 1. The number of carbonyl (C=O) groups is 1. The highest BCUT2D eigenvalue weighted by atomic mass is 32.2. The fourth-order valence-corrected chi connectivity index (χ4v) is 4.51. The van der Waals surface area contributed by atoms with E-state index in [4.69, 9.17) is 4.74 Å². The maximum atomic E-state index is 13.5. The van der Waals surface area contributed by atoms with Gasteiger partial charge in [-0.3, -0.25) is 9.10 Å². The molecule has 31 heavy (non-hydrogen) atoms. The smallest absolute Gasteiger partial charge is 0.264 e. The molecule has 0 aliphatic rings. The normalized spacial score (nSPS) is 11.1. The lowest BCUT2D eigenvalue weighted by Crippen LogP contribution is -2.38. The maximum absolute atomic E-state index is 13.5. The summed E-state index contributed by atoms with van der Waals surface area (Å²) in [5, 5.41) is 2.75. The lowest BCUT2D eigenvalue weighted by Gasteiger charge is -2.25. The topological polar surface area (TPSA) is 75.7 Å². The van der Waals surface area contributed by atoms with Crippen LogP contribution in [-0.2, 0) is 14.8 Å². The van der Waals surface area contributed by atoms with Gasteiger partial charge in [-0.1, -0.05) is 35.9 Å². The summed E-state index contributed by atoms with van der Waals surface area (Å²) in [5.74, 6) is 0.0217. The minimum atomic E-state index is -3.96. The van der Waals surface area contributed by atoms with Gasteiger partial charge in [0.1, 0.15) is 12.3 Å². The Morgan fingerprint density at radius 2 is 1.61 bits per heavy atom. The summed E-state index contributed by atoms with van der Waals surface area (Å²) < 4.78 is 33.3. The van der Waals surface area contributed by atoms with E-state index in [1.165, 1.54) is 7.11 Å². The molecule has 0 heterocycles. The number of nitrogens with zero attached hydrogens (tertiary/aromatic N) is 1. The van der Waals surface area contributed by atoms with Crippen LogP contribution in [0.3, 0.4) is 0 Å². The molecule has 1 amide bonds. The summed E-state index contributed by atoms with van der Waals surface area (Å²) in [7, 11) is -2.45. The lowest BCUT2D eigenvalue weighted by molar-refractivity contribution is -0.114. The first-order chi connectivity index (χ1) is 14.7. The van der Waals surface area contributed by atoms with Gasteiger partial charge in [0, 0.05) is 0 Å². The number of rotatable bonds is 7. The van der Waals surface area contributed by atoms with Gasteiger partial charge >= 0.3 is 0 Å². The van der Waals surface area contributed by atoms with Crippen molar-refractivity contribution < 1.29 is 17.9 Å². The lowest BCUT2D eigenvalue weighted by atomic mass is 10.1. The quantitative estimate of drug-likeness (QED) is 0.591. The van der Waals surface area contributed by atoms with Crippen LogP contribution in [0.4, 0.5) is 11.4 Å². The number of ether oxygens (including phenoxy) is 1. The summed E-state index contributed by atoms with van der Waals surface area (Å²) in [4.78, 5) is 13.0. The minimum absolute atomic E-state index is 0.126. The van der Waals surface area contributed by atoms with Gasteiger partial charge in [-0.2, -0.15) is 0 Å². The molecule has 6 nitrogen and oxygen atoms in total. The number of hydrogen-bond acceptors (Lipinski definition) is 4. The third-order valence-corrected chi connectivity index (χ3v) is 6.84. The summed E-state index contributed by atoms with van der Waals surface area (Å²) in [5.41, 5.74) is 3.83. The second-order valence-corrected chi connectivity index (χ2v) is 9.20. The van der Waals surface area contributed by atoms with Crippen molar-refractivity contribution in [3.63, 3.8) is 0 Å². The third-order valence-electron chi connectivity index (χ3n) is 5.06. The van der Waals surface area contributed by atoms with Crippen molar-refractivity contribution in [1.82, 2.24) is 0 Å². The van der Waals surface area contributed by atoms with E-state index < -0.39 is 15.9 Å². The van der Waals surface area contributed by atoms with Crippen molar-refractivity contribution in [2.75, 3.05) is 23.3 Å².